The van der Waals surface area contributed by atoms with Crippen molar-refractivity contribution in [3.63, 3.8) is 0 Å². The lowest BCUT2D eigenvalue weighted by molar-refractivity contribution is -0.137. The summed E-state index contributed by atoms with van der Waals surface area (Å²) in [6, 6.07) is 13.0. The fourth-order valence-electron chi connectivity index (χ4n) is 5.34. The summed E-state index contributed by atoms with van der Waals surface area (Å²) in [7, 11) is 3.21. The van der Waals surface area contributed by atoms with Crippen molar-refractivity contribution in [2.24, 2.45) is 11.7 Å². The number of methoxy groups -OCH3 is 2. The van der Waals surface area contributed by atoms with Crippen molar-refractivity contribution in [1.29, 1.82) is 0 Å². The molecule has 0 saturated carbocycles. The second kappa shape index (κ2) is 11.5. The zero-order chi connectivity index (χ0) is 29.2. The number of H-pyrrole nitrogens is 1. The number of carbonyl (C=O) groups is 2. The second-order valence-corrected chi connectivity index (χ2v) is 10.6. The molecule has 210 valence electrons. The van der Waals surface area contributed by atoms with E-state index in [4.69, 9.17) is 15.2 Å². The van der Waals surface area contributed by atoms with Gasteiger partial charge < -0.3 is 20.2 Å². The third kappa shape index (κ3) is 5.45. The molecule has 1 aromatic heterocycles. The highest BCUT2D eigenvalue weighted by Gasteiger charge is 2.43. The summed E-state index contributed by atoms with van der Waals surface area (Å²) < 4.78 is 11.6. The van der Waals surface area contributed by atoms with Crippen LogP contribution in [-0.2, 0) is 20.7 Å². The highest BCUT2D eigenvalue weighted by molar-refractivity contribution is 5.93. The molecule has 8 nitrogen and oxygen atoms in total. The van der Waals surface area contributed by atoms with Crippen molar-refractivity contribution in [2.75, 3.05) is 14.2 Å². The predicted molar refractivity (Wildman–Crippen MR) is 155 cm³/mol. The first-order valence-corrected chi connectivity index (χ1v) is 13.4. The number of ether oxygens (including phenoxy) is 2. The molecule has 0 aliphatic heterocycles. The van der Waals surface area contributed by atoms with Crippen LogP contribution >= 0.6 is 0 Å². The van der Waals surface area contributed by atoms with Crippen LogP contribution in [0.3, 0.4) is 0 Å². The second-order valence-electron chi connectivity index (χ2n) is 10.6. The van der Waals surface area contributed by atoms with Gasteiger partial charge in [0.05, 0.1) is 30.7 Å². The Morgan fingerprint density at radius 2 is 1.75 bits per heavy atom. The Morgan fingerprint density at radius 3 is 2.33 bits per heavy atom. The number of imidazole rings is 1. The summed E-state index contributed by atoms with van der Waals surface area (Å²) in [5.74, 6) is 0.229. The van der Waals surface area contributed by atoms with Crippen molar-refractivity contribution < 1.29 is 19.1 Å². The van der Waals surface area contributed by atoms with Crippen molar-refractivity contribution in [3.05, 3.63) is 100 Å². The number of aromatic amines is 1. The molecule has 4 rings (SSSR count). The number of nitrogens with zero attached hydrogens (tertiary/aromatic N) is 2. The van der Waals surface area contributed by atoms with Crippen LogP contribution in [0.2, 0.25) is 0 Å². The van der Waals surface area contributed by atoms with Crippen LogP contribution in [-0.4, -0.2) is 46.5 Å². The molecule has 2 aromatic carbocycles. The Balaban J connectivity index is 1.74. The van der Waals surface area contributed by atoms with Crippen LogP contribution in [0.1, 0.15) is 59.7 Å². The van der Waals surface area contributed by atoms with Crippen LogP contribution in [0.15, 0.2) is 72.3 Å². The van der Waals surface area contributed by atoms with Crippen LogP contribution in [0.25, 0.3) is 11.3 Å². The zero-order valence-corrected chi connectivity index (χ0v) is 24.2. The van der Waals surface area contributed by atoms with Gasteiger partial charge in [0.1, 0.15) is 17.2 Å². The highest BCUT2D eigenvalue weighted by Crippen LogP contribution is 2.40. The van der Waals surface area contributed by atoms with E-state index in [1.807, 2.05) is 77.1 Å². The van der Waals surface area contributed by atoms with Gasteiger partial charge in [-0.25, -0.2) is 4.98 Å². The maximum atomic E-state index is 14.4. The maximum absolute atomic E-state index is 14.4. The number of aryl methyl sites for hydroxylation is 2. The summed E-state index contributed by atoms with van der Waals surface area (Å²) in [5, 5.41) is 0. The van der Waals surface area contributed by atoms with Crippen LogP contribution in [0.4, 0.5) is 0 Å². The van der Waals surface area contributed by atoms with Crippen LogP contribution in [0, 0.1) is 19.8 Å². The number of nitrogens with two attached hydrogens (primary N) is 1. The zero-order valence-electron chi connectivity index (χ0n) is 24.2. The van der Waals surface area contributed by atoms with Gasteiger partial charge >= 0.3 is 0 Å². The molecule has 2 amide bonds. The van der Waals surface area contributed by atoms with Gasteiger partial charge in [0.2, 0.25) is 11.8 Å². The minimum atomic E-state index is -0.876. The monoisotopic (exact) mass is 542 g/mol. The summed E-state index contributed by atoms with van der Waals surface area (Å²) in [6.07, 6.45) is 6.01. The third-order valence-corrected chi connectivity index (χ3v) is 7.75. The molecule has 0 bridgehead atoms. The Morgan fingerprint density at radius 1 is 1.10 bits per heavy atom. The Bertz CT molecular complexity index is 1450. The average Bonchev–Trinajstić information content (AvgIpc) is 3.56. The molecule has 0 radical (unpaired) electrons. The van der Waals surface area contributed by atoms with Gasteiger partial charge in [-0.1, -0.05) is 37.3 Å². The molecular formula is C32H38N4O4. The van der Waals surface area contributed by atoms with E-state index in [0.717, 1.165) is 27.9 Å². The smallest absolute Gasteiger partial charge is 0.248 e. The quantitative estimate of drug-likeness (QED) is 0.357. The number of hydrogen-bond acceptors (Lipinski definition) is 5. The number of nitrogens with one attached hydrogen (secondary N) is 1. The molecule has 2 unspecified atom stereocenters. The van der Waals surface area contributed by atoms with Gasteiger partial charge in [0.15, 0.2) is 0 Å². The van der Waals surface area contributed by atoms with E-state index in [2.05, 4.69) is 9.97 Å². The molecule has 1 aliphatic rings. The molecule has 1 aliphatic carbocycles. The lowest BCUT2D eigenvalue weighted by atomic mass is 9.90. The standard InChI is InChI=1S/C32H38N4O4/c1-19-15-24(29(33)37)16-20(2)25(19)17-21(3)31(38)36(28-27(39-6)13-14-32(28,5)40-7)22(4)30-34-18-26(35-30)23-11-9-8-10-12-23/h8-16,18,21-22H,17H2,1-7H3,(H2,33,37)(H,34,35)/t21?,22-,32?/m0/s1. The van der Waals surface area contributed by atoms with Gasteiger partial charge in [0.25, 0.3) is 0 Å². The van der Waals surface area contributed by atoms with Crippen LogP contribution in [0.5, 0.6) is 0 Å². The first-order chi connectivity index (χ1) is 19.0. The third-order valence-electron chi connectivity index (χ3n) is 7.75. The Labute approximate surface area is 235 Å². The number of rotatable bonds is 10. The fraction of sp³-hybridized carbons (Fsp3) is 0.344. The van der Waals surface area contributed by atoms with Crippen molar-refractivity contribution in [3.8, 4) is 11.3 Å². The number of carbonyl (C=O) groups excluding carboxylic acids is 2. The van der Waals surface area contributed by atoms with Gasteiger partial charge in [0, 0.05) is 18.6 Å². The van der Waals surface area contributed by atoms with E-state index in [1.54, 1.807) is 37.4 Å². The normalized spacial score (nSPS) is 18.1. The Kier molecular flexibility index (Phi) is 8.30. The van der Waals surface area contributed by atoms with E-state index >= 15 is 0 Å². The summed E-state index contributed by atoms with van der Waals surface area (Å²) in [5.41, 5.74) is 10.5. The predicted octanol–water partition coefficient (Wildman–Crippen LogP) is 5.39. The summed E-state index contributed by atoms with van der Waals surface area (Å²) in [4.78, 5) is 36.0. The lowest BCUT2D eigenvalue weighted by Crippen LogP contribution is -2.45. The molecule has 8 heteroatoms. The number of primary amides is 1. The first-order valence-electron chi connectivity index (χ1n) is 13.4. The van der Waals surface area contributed by atoms with Gasteiger partial charge in [-0.3, -0.25) is 14.5 Å². The van der Waals surface area contributed by atoms with Crippen molar-refractivity contribution in [1.82, 2.24) is 14.9 Å². The number of hydrogen-bond donors (Lipinski definition) is 2. The Hall–Kier alpha value is -4.17. The van der Waals surface area contributed by atoms with E-state index in [1.165, 1.54) is 0 Å². The largest absolute Gasteiger partial charge is 0.495 e. The molecule has 0 fully saturated rings. The van der Waals surface area contributed by atoms with Gasteiger partial charge in [-0.15, -0.1) is 0 Å². The number of amides is 2. The van der Waals surface area contributed by atoms with Crippen molar-refractivity contribution >= 4 is 11.8 Å². The molecule has 40 heavy (non-hydrogen) atoms. The summed E-state index contributed by atoms with van der Waals surface area (Å²) in [6.45, 7) is 9.66. The van der Waals surface area contributed by atoms with Crippen molar-refractivity contribution in [2.45, 2.75) is 52.7 Å². The number of benzene rings is 2. The van der Waals surface area contributed by atoms with E-state index in [0.29, 0.717) is 29.3 Å². The summed E-state index contributed by atoms with van der Waals surface area (Å²) >= 11 is 0. The molecule has 1 heterocycles. The first kappa shape index (κ1) is 28.8. The molecule has 0 spiro atoms. The average molecular weight is 543 g/mol. The topological polar surface area (TPSA) is 111 Å². The minimum Gasteiger partial charge on any atom is -0.495 e. The molecule has 3 aromatic rings. The fourth-order valence-corrected chi connectivity index (χ4v) is 5.34. The SMILES string of the molecule is COC1=C(N(C(=O)C(C)Cc2c(C)cc(C(N)=O)cc2C)[C@@H](C)c2ncc(-c3ccccc3)[nH]2)C(C)(OC)C=C1. The number of aromatic nitrogens is 2. The number of allylic oxidation sites excluding steroid dienone is 1. The highest BCUT2D eigenvalue weighted by atomic mass is 16.5. The van der Waals surface area contributed by atoms with Gasteiger partial charge in [-0.2, -0.15) is 0 Å². The molecule has 3 N–H and O–H groups in total. The van der Waals surface area contributed by atoms with Gasteiger partial charge in [-0.05, 0) is 80.7 Å². The lowest BCUT2D eigenvalue weighted by Gasteiger charge is -2.38. The van der Waals surface area contributed by atoms with E-state index < -0.39 is 23.5 Å². The molecular weight excluding hydrogens is 504 g/mol. The van der Waals surface area contributed by atoms with E-state index in [9.17, 15) is 9.59 Å². The maximum Gasteiger partial charge on any atom is 0.248 e. The minimum absolute atomic E-state index is 0.0977. The van der Waals surface area contributed by atoms with E-state index in [-0.39, 0.29) is 5.91 Å². The molecule has 3 atom stereocenters. The molecule has 0 saturated heterocycles. The van der Waals surface area contributed by atoms with Crippen LogP contribution < -0.4 is 5.73 Å².